The van der Waals surface area contributed by atoms with Gasteiger partial charge in [0, 0.05) is 19.1 Å². The van der Waals surface area contributed by atoms with Gasteiger partial charge in [-0.1, -0.05) is 6.92 Å². The molecule has 0 amide bonds. The Morgan fingerprint density at radius 2 is 2.18 bits per heavy atom. The average molecular weight is 234 g/mol. The Labute approximate surface area is 103 Å². The summed E-state index contributed by atoms with van der Waals surface area (Å²) in [4.78, 5) is 2.65. The number of rotatable bonds is 2. The van der Waals surface area contributed by atoms with Crippen molar-refractivity contribution in [3.05, 3.63) is 17.5 Å². The van der Waals surface area contributed by atoms with Gasteiger partial charge in [0.15, 0.2) is 0 Å². The van der Waals surface area contributed by atoms with E-state index in [1.807, 2.05) is 0 Å². The Morgan fingerprint density at radius 3 is 2.94 bits per heavy atom. The van der Waals surface area contributed by atoms with E-state index in [0.29, 0.717) is 0 Å². The number of piperidine rings is 1. The Hall–Kier alpha value is -0.870. The molecule has 2 aliphatic rings. The van der Waals surface area contributed by atoms with Crippen molar-refractivity contribution in [3.8, 4) is 0 Å². The first-order valence-corrected chi connectivity index (χ1v) is 6.87. The minimum absolute atomic E-state index is 0.782. The zero-order valence-electron chi connectivity index (χ0n) is 10.7. The van der Waals surface area contributed by atoms with Gasteiger partial charge in [-0.15, -0.1) is 0 Å². The molecule has 0 spiro atoms. The molecule has 0 radical (unpaired) electrons. The Morgan fingerprint density at radius 1 is 1.35 bits per heavy atom. The van der Waals surface area contributed by atoms with E-state index in [-0.39, 0.29) is 0 Å². The van der Waals surface area contributed by atoms with Gasteiger partial charge in [-0.2, -0.15) is 5.10 Å². The van der Waals surface area contributed by atoms with Crippen LogP contribution in [0.4, 0.5) is 0 Å². The summed E-state index contributed by atoms with van der Waals surface area (Å²) in [5.74, 6) is 0. The minimum Gasteiger partial charge on any atom is -0.317 e. The summed E-state index contributed by atoms with van der Waals surface area (Å²) in [6.07, 6.45) is 3.65. The van der Waals surface area contributed by atoms with Gasteiger partial charge in [0.25, 0.3) is 0 Å². The molecule has 1 saturated heterocycles. The van der Waals surface area contributed by atoms with E-state index in [0.717, 1.165) is 25.6 Å². The SMILES string of the molecule is CCc1cc2n(n1)CCN(C1CCNCC1)C2. The third-order valence-corrected chi connectivity index (χ3v) is 4.07. The summed E-state index contributed by atoms with van der Waals surface area (Å²) in [5.41, 5.74) is 2.65. The van der Waals surface area contributed by atoms with Crippen LogP contribution in [0.25, 0.3) is 0 Å². The molecule has 0 aromatic carbocycles. The molecule has 1 aromatic rings. The fourth-order valence-electron chi connectivity index (χ4n) is 3.00. The molecule has 2 aliphatic heterocycles. The van der Waals surface area contributed by atoms with Crippen LogP contribution in [0.1, 0.15) is 31.2 Å². The molecule has 4 heteroatoms. The van der Waals surface area contributed by atoms with Gasteiger partial charge in [-0.3, -0.25) is 9.58 Å². The number of hydrogen-bond donors (Lipinski definition) is 1. The summed E-state index contributed by atoms with van der Waals surface area (Å²) in [5, 5.41) is 8.07. The van der Waals surface area contributed by atoms with E-state index in [9.17, 15) is 0 Å². The highest BCUT2D eigenvalue weighted by Gasteiger charge is 2.25. The molecular weight excluding hydrogens is 212 g/mol. The highest BCUT2D eigenvalue weighted by Crippen LogP contribution is 2.20. The maximum atomic E-state index is 4.63. The van der Waals surface area contributed by atoms with Gasteiger partial charge in [0.1, 0.15) is 0 Å². The number of nitrogens with zero attached hydrogens (tertiary/aromatic N) is 3. The second-order valence-electron chi connectivity index (χ2n) is 5.16. The Bertz CT molecular complexity index is 379. The Balaban J connectivity index is 1.70. The summed E-state index contributed by atoms with van der Waals surface area (Å²) >= 11 is 0. The molecule has 3 rings (SSSR count). The van der Waals surface area contributed by atoms with Crippen molar-refractivity contribution in [2.45, 2.75) is 45.3 Å². The van der Waals surface area contributed by atoms with E-state index in [2.05, 4.69) is 33.0 Å². The van der Waals surface area contributed by atoms with Crippen LogP contribution in [-0.4, -0.2) is 40.4 Å². The van der Waals surface area contributed by atoms with Crippen LogP contribution >= 0.6 is 0 Å². The maximum absolute atomic E-state index is 4.63. The third-order valence-electron chi connectivity index (χ3n) is 4.07. The van der Waals surface area contributed by atoms with Crippen LogP contribution in [0.5, 0.6) is 0 Å². The van der Waals surface area contributed by atoms with E-state index in [4.69, 9.17) is 0 Å². The standard InChI is InChI=1S/C13H22N4/c1-2-11-9-13-10-16(7-8-17(13)15-11)12-3-5-14-6-4-12/h9,12,14H,2-8,10H2,1H3. The van der Waals surface area contributed by atoms with Crippen molar-refractivity contribution in [3.63, 3.8) is 0 Å². The maximum Gasteiger partial charge on any atom is 0.0625 e. The molecule has 0 unspecified atom stereocenters. The summed E-state index contributed by atoms with van der Waals surface area (Å²) in [6, 6.07) is 3.07. The number of aryl methyl sites for hydroxylation is 1. The highest BCUT2D eigenvalue weighted by molar-refractivity contribution is 5.12. The van der Waals surface area contributed by atoms with Crippen molar-refractivity contribution < 1.29 is 0 Å². The van der Waals surface area contributed by atoms with Crippen LogP contribution in [-0.2, 0) is 19.5 Å². The van der Waals surface area contributed by atoms with E-state index >= 15 is 0 Å². The number of nitrogens with one attached hydrogen (secondary N) is 1. The molecule has 0 aliphatic carbocycles. The van der Waals surface area contributed by atoms with Crippen molar-refractivity contribution in [1.82, 2.24) is 20.0 Å². The van der Waals surface area contributed by atoms with Gasteiger partial charge in [-0.05, 0) is 38.4 Å². The molecule has 17 heavy (non-hydrogen) atoms. The number of aromatic nitrogens is 2. The quantitative estimate of drug-likeness (QED) is 0.829. The molecule has 1 aromatic heterocycles. The lowest BCUT2D eigenvalue weighted by atomic mass is 10.0. The van der Waals surface area contributed by atoms with Gasteiger partial charge >= 0.3 is 0 Å². The normalized spacial score (nSPS) is 22.6. The molecule has 94 valence electrons. The summed E-state index contributed by atoms with van der Waals surface area (Å²) in [6.45, 7) is 7.87. The Kier molecular flexibility index (Phi) is 3.16. The zero-order chi connectivity index (χ0) is 11.7. The monoisotopic (exact) mass is 234 g/mol. The first-order chi connectivity index (χ1) is 8.36. The van der Waals surface area contributed by atoms with Crippen LogP contribution in [0, 0.1) is 0 Å². The van der Waals surface area contributed by atoms with Crippen molar-refractivity contribution >= 4 is 0 Å². The molecule has 0 atom stereocenters. The predicted octanol–water partition coefficient (Wildman–Crippen LogP) is 1.01. The first kappa shape index (κ1) is 11.2. The topological polar surface area (TPSA) is 33.1 Å². The molecule has 0 bridgehead atoms. The smallest absolute Gasteiger partial charge is 0.0625 e. The zero-order valence-corrected chi connectivity index (χ0v) is 10.7. The van der Waals surface area contributed by atoms with Crippen LogP contribution in [0.3, 0.4) is 0 Å². The lowest BCUT2D eigenvalue weighted by Gasteiger charge is -2.37. The largest absolute Gasteiger partial charge is 0.317 e. The second-order valence-corrected chi connectivity index (χ2v) is 5.16. The average Bonchev–Trinajstić information content (AvgIpc) is 2.81. The van der Waals surface area contributed by atoms with Crippen molar-refractivity contribution in [1.29, 1.82) is 0 Å². The molecule has 3 heterocycles. The lowest BCUT2D eigenvalue weighted by molar-refractivity contribution is 0.124. The van der Waals surface area contributed by atoms with Crippen LogP contribution in [0.2, 0.25) is 0 Å². The number of hydrogen-bond acceptors (Lipinski definition) is 3. The fourth-order valence-corrected chi connectivity index (χ4v) is 3.00. The number of fused-ring (bicyclic) bond motifs is 1. The summed E-state index contributed by atoms with van der Waals surface area (Å²) in [7, 11) is 0. The predicted molar refractivity (Wildman–Crippen MR) is 67.9 cm³/mol. The van der Waals surface area contributed by atoms with Crippen molar-refractivity contribution in [2.24, 2.45) is 0 Å². The fraction of sp³-hybridized carbons (Fsp3) is 0.769. The third kappa shape index (κ3) is 2.24. The molecule has 0 saturated carbocycles. The van der Waals surface area contributed by atoms with Crippen LogP contribution in [0.15, 0.2) is 6.07 Å². The molecular formula is C13H22N4. The highest BCUT2D eigenvalue weighted by atomic mass is 15.3. The van der Waals surface area contributed by atoms with Crippen molar-refractivity contribution in [2.75, 3.05) is 19.6 Å². The first-order valence-electron chi connectivity index (χ1n) is 6.87. The van der Waals surface area contributed by atoms with E-state index in [1.165, 1.54) is 43.9 Å². The van der Waals surface area contributed by atoms with Gasteiger partial charge in [0.2, 0.25) is 0 Å². The molecule has 1 N–H and O–H groups in total. The van der Waals surface area contributed by atoms with E-state index in [1.54, 1.807) is 0 Å². The minimum atomic E-state index is 0.782. The van der Waals surface area contributed by atoms with Gasteiger partial charge in [0.05, 0.1) is 17.9 Å². The lowest BCUT2D eigenvalue weighted by Crippen LogP contribution is -2.46. The van der Waals surface area contributed by atoms with E-state index < -0.39 is 0 Å². The van der Waals surface area contributed by atoms with Gasteiger partial charge in [-0.25, -0.2) is 0 Å². The molecule has 4 nitrogen and oxygen atoms in total. The van der Waals surface area contributed by atoms with Gasteiger partial charge < -0.3 is 5.32 Å². The second kappa shape index (κ2) is 4.78. The molecule has 1 fully saturated rings. The summed E-state index contributed by atoms with van der Waals surface area (Å²) < 4.78 is 2.20. The van der Waals surface area contributed by atoms with Crippen LogP contribution < -0.4 is 5.32 Å².